The maximum Gasteiger partial charge on any atom is 0.320 e. The van der Waals surface area contributed by atoms with Gasteiger partial charge in [-0.1, -0.05) is 20.8 Å². The Morgan fingerprint density at radius 3 is 2.00 bits per heavy atom. The highest BCUT2D eigenvalue weighted by Gasteiger charge is 2.52. The first-order chi connectivity index (χ1) is 5.27. The minimum absolute atomic E-state index is 0.204. The molecule has 1 fully saturated rings. The van der Waals surface area contributed by atoms with Crippen LogP contribution in [0.3, 0.4) is 0 Å². The van der Waals surface area contributed by atoms with Crippen LogP contribution in [0.25, 0.3) is 0 Å². The van der Waals surface area contributed by atoms with E-state index >= 15 is 0 Å². The number of carbonyl (C=O) groups is 2. The van der Waals surface area contributed by atoms with Crippen LogP contribution in [0.1, 0.15) is 34.1 Å². The van der Waals surface area contributed by atoms with Gasteiger partial charge in [0, 0.05) is 0 Å². The van der Waals surface area contributed by atoms with Gasteiger partial charge in [-0.05, 0) is 12.3 Å². The quantitative estimate of drug-likeness (QED) is 0.409. The highest BCUT2D eigenvalue weighted by molar-refractivity contribution is 5.97. The SMILES string of the molecule is CC(C)(C)C1(C)CC(=O)OC1=O. The van der Waals surface area contributed by atoms with Crippen molar-refractivity contribution in [1.29, 1.82) is 0 Å². The van der Waals surface area contributed by atoms with E-state index in [4.69, 9.17) is 0 Å². The van der Waals surface area contributed by atoms with E-state index in [1.807, 2.05) is 20.8 Å². The minimum atomic E-state index is -0.649. The summed E-state index contributed by atoms with van der Waals surface area (Å²) < 4.78 is 4.53. The number of hydrogen-bond acceptors (Lipinski definition) is 3. The van der Waals surface area contributed by atoms with Gasteiger partial charge < -0.3 is 4.74 Å². The zero-order chi connectivity index (χ0) is 9.57. The summed E-state index contributed by atoms with van der Waals surface area (Å²) in [5.74, 6) is -0.794. The third kappa shape index (κ3) is 1.13. The van der Waals surface area contributed by atoms with Gasteiger partial charge in [0.05, 0.1) is 11.8 Å². The number of hydrogen-bond donors (Lipinski definition) is 0. The molecule has 0 bridgehead atoms. The molecule has 0 aliphatic carbocycles. The molecule has 0 spiro atoms. The van der Waals surface area contributed by atoms with E-state index in [2.05, 4.69) is 4.74 Å². The zero-order valence-electron chi connectivity index (χ0n) is 7.93. The molecule has 0 N–H and O–H groups in total. The molecule has 3 heteroatoms. The predicted octanol–water partition coefficient (Wildman–Crippen LogP) is 1.51. The van der Waals surface area contributed by atoms with Crippen LogP contribution >= 0.6 is 0 Å². The van der Waals surface area contributed by atoms with E-state index < -0.39 is 11.4 Å². The summed E-state index contributed by atoms with van der Waals surface area (Å²) in [5.41, 5.74) is -0.875. The lowest BCUT2D eigenvalue weighted by Crippen LogP contribution is -2.36. The van der Waals surface area contributed by atoms with Gasteiger partial charge in [-0.15, -0.1) is 0 Å². The predicted molar refractivity (Wildman–Crippen MR) is 43.3 cm³/mol. The molecule has 0 saturated carbocycles. The average molecular weight is 170 g/mol. The standard InChI is InChI=1S/C9H14O3/c1-8(2,3)9(4)5-6(10)12-7(9)11/h5H2,1-4H3. The second kappa shape index (κ2) is 2.31. The van der Waals surface area contributed by atoms with Gasteiger partial charge in [-0.2, -0.15) is 0 Å². The van der Waals surface area contributed by atoms with Gasteiger partial charge in [0.15, 0.2) is 0 Å². The Labute approximate surface area is 72.1 Å². The van der Waals surface area contributed by atoms with Crippen LogP contribution < -0.4 is 0 Å². The fourth-order valence-electron chi connectivity index (χ4n) is 1.18. The Kier molecular flexibility index (Phi) is 1.78. The fourth-order valence-corrected chi connectivity index (χ4v) is 1.18. The van der Waals surface area contributed by atoms with Crippen molar-refractivity contribution in [2.45, 2.75) is 34.1 Å². The number of esters is 2. The molecule has 0 aromatic carbocycles. The summed E-state index contributed by atoms with van der Waals surface area (Å²) in [5, 5.41) is 0. The lowest BCUT2D eigenvalue weighted by atomic mass is 9.67. The third-order valence-electron chi connectivity index (χ3n) is 2.81. The van der Waals surface area contributed by atoms with Crippen LogP contribution in [0, 0.1) is 10.8 Å². The summed E-state index contributed by atoms with van der Waals surface area (Å²) >= 11 is 0. The van der Waals surface area contributed by atoms with E-state index in [1.165, 1.54) is 0 Å². The van der Waals surface area contributed by atoms with Crippen molar-refractivity contribution in [3.8, 4) is 0 Å². The topological polar surface area (TPSA) is 43.4 Å². The Balaban J connectivity index is 3.00. The molecule has 0 amide bonds. The number of carbonyl (C=O) groups excluding carboxylic acids is 2. The smallest absolute Gasteiger partial charge is 0.320 e. The summed E-state index contributed by atoms with van der Waals surface area (Å²) in [6, 6.07) is 0. The van der Waals surface area contributed by atoms with Gasteiger partial charge in [0.2, 0.25) is 0 Å². The van der Waals surface area contributed by atoms with Crippen molar-refractivity contribution in [3.05, 3.63) is 0 Å². The summed E-state index contributed by atoms with van der Waals surface area (Å²) in [4.78, 5) is 22.2. The molecule has 68 valence electrons. The summed E-state index contributed by atoms with van der Waals surface area (Å²) in [6.07, 6.45) is 0.204. The lowest BCUT2D eigenvalue weighted by Gasteiger charge is -2.33. The van der Waals surface area contributed by atoms with Gasteiger partial charge in [-0.25, -0.2) is 0 Å². The minimum Gasteiger partial charge on any atom is -0.393 e. The molecular formula is C9H14O3. The summed E-state index contributed by atoms with van der Waals surface area (Å²) in [6.45, 7) is 7.59. The fraction of sp³-hybridized carbons (Fsp3) is 0.778. The highest BCUT2D eigenvalue weighted by atomic mass is 16.6. The van der Waals surface area contributed by atoms with E-state index in [0.29, 0.717) is 0 Å². The molecule has 0 aromatic heterocycles. The second-order valence-corrected chi connectivity index (χ2v) is 4.52. The van der Waals surface area contributed by atoms with Crippen LogP contribution in [0.4, 0.5) is 0 Å². The molecule has 1 atom stereocenters. The van der Waals surface area contributed by atoms with Crippen molar-refractivity contribution in [2.24, 2.45) is 10.8 Å². The molecule has 12 heavy (non-hydrogen) atoms. The highest BCUT2D eigenvalue weighted by Crippen LogP contribution is 2.45. The Hall–Kier alpha value is -0.860. The Morgan fingerprint density at radius 1 is 1.33 bits per heavy atom. The monoisotopic (exact) mass is 170 g/mol. The zero-order valence-corrected chi connectivity index (χ0v) is 7.93. The average Bonchev–Trinajstić information content (AvgIpc) is 2.06. The molecular weight excluding hydrogens is 156 g/mol. The van der Waals surface area contributed by atoms with Crippen molar-refractivity contribution in [2.75, 3.05) is 0 Å². The first kappa shape index (κ1) is 9.23. The molecule has 1 heterocycles. The van der Waals surface area contributed by atoms with E-state index in [-0.39, 0.29) is 17.8 Å². The first-order valence-electron chi connectivity index (χ1n) is 4.02. The van der Waals surface area contributed by atoms with Crippen molar-refractivity contribution < 1.29 is 14.3 Å². The van der Waals surface area contributed by atoms with Crippen LogP contribution in [-0.4, -0.2) is 11.9 Å². The van der Waals surface area contributed by atoms with Crippen molar-refractivity contribution in [3.63, 3.8) is 0 Å². The van der Waals surface area contributed by atoms with Crippen LogP contribution in [-0.2, 0) is 14.3 Å². The molecule has 1 rings (SSSR count). The molecule has 1 aliphatic heterocycles. The van der Waals surface area contributed by atoms with E-state index in [0.717, 1.165) is 0 Å². The van der Waals surface area contributed by atoms with E-state index in [1.54, 1.807) is 6.92 Å². The van der Waals surface area contributed by atoms with Crippen LogP contribution in [0.15, 0.2) is 0 Å². The molecule has 1 saturated heterocycles. The van der Waals surface area contributed by atoms with Gasteiger partial charge in [0.25, 0.3) is 0 Å². The number of rotatable bonds is 0. The Bertz CT molecular complexity index is 237. The molecule has 0 radical (unpaired) electrons. The maximum absolute atomic E-state index is 11.3. The normalized spacial score (nSPS) is 30.7. The lowest BCUT2D eigenvalue weighted by molar-refractivity contribution is -0.157. The molecule has 3 nitrogen and oxygen atoms in total. The van der Waals surface area contributed by atoms with Crippen LogP contribution in [0.5, 0.6) is 0 Å². The van der Waals surface area contributed by atoms with Crippen LogP contribution in [0.2, 0.25) is 0 Å². The summed E-state index contributed by atoms with van der Waals surface area (Å²) in [7, 11) is 0. The van der Waals surface area contributed by atoms with Gasteiger partial charge >= 0.3 is 11.9 Å². The van der Waals surface area contributed by atoms with Gasteiger partial charge in [0.1, 0.15) is 0 Å². The largest absolute Gasteiger partial charge is 0.393 e. The first-order valence-corrected chi connectivity index (χ1v) is 4.02. The molecule has 1 aliphatic rings. The van der Waals surface area contributed by atoms with Crippen molar-refractivity contribution in [1.82, 2.24) is 0 Å². The Morgan fingerprint density at radius 2 is 1.83 bits per heavy atom. The maximum atomic E-state index is 11.3. The van der Waals surface area contributed by atoms with E-state index in [9.17, 15) is 9.59 Å². The number of cyclic esters (lactones) is 2. The van der Waals surface area contributed by atoms with Crippen molar-refractivity contribution >= 4 is 11.9 Å². The molecule has 1 unspecified atom stereocenters. The third-order valence-corrected chi connectivity index (χ3v) is 2.81. The number of ether oxygens (including phenoxy) is 1. The van der Waals surface area contributed by atoms with Gasteiger partial charge in [-0.3, -0.25) is 9.59 Å². The molecule has 0 aromatic rings. The second-order valence-electron chi connectivity index (χ2n) is 4.52.